The third-order valence-corrected chi connectivity index (χ3v) is 4.05. The average molecular weight is 301 g/mol. The van der Waals surface area contributed by atoms with Gasteiger partial charge in [0.2, 0.25) is 0 Å². The fourth-order valence-corrected chi connectivity index (χ4v) is 2.77. The summed E-state index contributed by atoms with van der Waals surface area (Å²) in [6, 6.07) is 4.63. The van der Waals surface area contributed by atoms with E-state index in [0.717, 1.165) is 22.6 Å². The molecule has 1 heterocycles. The van der Waals surface area contributed by atoms with Gasteiger partial charge in [-0.25, -0.2) is 4.39 Å². The first-order valence-electron chi connectivity index (χ1n) is 5.86. The van der Waals surface area contributed by atoms with Crippen LogP contribution in [0.5, 0.6) is 0 Å². The molecule has 102 valence electrons. The summed E-state index contributed by atoms with van der Waals surface area (Å²) < 4.78 is 17.4. The second-order valence-electron chi connectivity index (χ2n) is 4.11. The number of nitrogens with two attached hydrogens (primary N) is 1. The molecule has 1 aromatic carbocycles. The van der Waals surface area contributed by atoms with E-state index >= 15 is 0 Å². The van der Waals surface area contributed by atoms with Crippen molar-refractivity contribution in [3.8, 4) is 0 Å². The zero-order chi connectivity index (χ0) is 13.8. The van der Waals surface area contributed by atoms with Gasteiger partial charge in [0.1, 0.15) is 5.82 Å². The lowest BCUT2D eigenvalue weighted by atomic mass is 10.0. The molecular weight excluding hydrogens is 287 g/mol. The van der Waals surface area contributed by atoms with Crippen molar-refractivity contribution in [1.29, 1.82) is 0 Å². The highest BCUT2D eigenvalue weighted by Gasteiger charge is 2.18. The van der Waals surface area contributed by atoms with Crippen LogP contribution in [0, 0.1) is 5.82 Å². The summed E-state index contributed by atoms with van der Waals surface area (Å²) in [5.74, 6) is 5.16. The maximum absolute atomic E-state index is 13.4. The van der Waals surface area contributed by atoms with E-state index < -0.39 is 5.82 Å². The van der Waals surface area contributed by atoms with Crippen molar-refractivity contribution in [3.63, 3.8) is 0 Å². The number of rotatable bonds is 5. The summed E-state index contributed by atoms with van der Waals surface area (Å²) in [5, 5.41) is 4.17. The SMILES string of the molecule is CCc1nnsc1C(Cc1ccc(Cl)c(F)c1)NN. The molecule has 0 amide bonds. The largest absolute Gasteiger partial charge is 0.271 e. The molecule has 0 saturated carbocycles. The fraction of sp³-hybridized carbons (Fsp3) is 0.333. The fourth-order valence-electron chi connectivity index (χ4n) is 1.85. The monoisotopic (exact) mass is 300 g/mol. The lowest BCUT2D eigenvalue weighted by Gasteiger charge is -2.15. The lowest BCUT2D eigenvalue weighted by molar-refractivity contribution is 0.551. The predicted molar refractivity (Wildman–Crippen MR) is 74.5 cm³/mol. The molecule has 0 fully saturated rings. The Morgan fingerprint density at radius 2 is 2.32 bits per heavy atom. The Labute approximate surface area is 119 Å². The topological polar surface area (TPSA) is 63.8 Å². The molecule has 0 aliphatic heterocycles. The van der Waals surface area contributed by atoms with Gasteiger partial charge in [-0.05, 0) is 42.1 Å². The van der Waals surface area contributed by atoms with Crippen LogP contribution in [0.25, 0.3) is 0 Å². The zero-order valence-corrected chi connectivity index (χ0v) is 11.9. The van der Waals surface area contributed by atoms with E-state index in [1.54, 1.807) is 12.1 Å². The van der Waals surface area contributed by atoms with Crippen molar-refractivity contribution < 1.29 is 4.39 Å². The summed E-state index contributed by atoms with van der Waals surface area (Å²) in [6.45, 7) is 2.01. The second-order valence-corrected chi connectivity index (χ2v) is 5.30. The maximum atomic E-state index is 13.4. The number of halogens is 2. The van der Waals surface area contributed by atoms with Gasteiger partial charge in [0.25, 0.3) is 0 Å². The highest BCUT2D eigenvalue weighted by molar-refractivity contribution is 7.05. The summed E-state index contributed by atoms with van der Waals surface area (Å²) in [6.07, 6.45) is 1.35. The summed E-state index contributed by atoms with van der Waals surface area (Å²) in [4.78, 5) is 0.986. The van der Waals surface area contributed by atoms with Gasteiger partial charge in [0.05, 0.1) is 21.6 Å². The number of nitrogens with one attached hydrogen (secondary N) is 1. The molecule has 1 atom stereocenters. The molecule has 0 saturated heterocycles. The van der Waals surface area contributed by atoms with Crippen LogP contribution in [0.1, 0.15) is 29.1 Å². The van der Waals surface area contributed by atoms with E-state index in [4.69, 9.17) is 17.4 Å². The number of benzene rings is 1. The van der Waals surface area contributed by atoms with E-state index in [9.17, 15) is 4.39 Å². The average Bonchev–Trinajstić information content (AvgIpc) is 2.88. The second kappa shape index (κ2) is 6.38. The highest BCUT2D eigenvalue weighted by atomic mass is 35.5. The quantitative estimate of drug-likeness (QED) is 0.658. The van der Waals surface area contributed by atoms with E-state index in [1.807, 2.05) is 6.92 Å². The van der Waals surface area contributed by atoms with Gasteiger partial charge in [-0.1, -0.05) is 29.1 Å². The van der Waals surface area contributed by atoms with Crippen LogP contribution >= 0.6 is 23.1 Å². The maximum Gasteiger partial charge on any atom is 0.142 e. The molecular formula is C12H14ClFN4S. The standard InChI is InChI=1S/C12H14ClFN4S/c1-2-10-12(19-18-17-10)11(16-15)6-7-3-4-8(13)9(14)5-7/h3-5,11,16H,2,6,15H2,1H3. The Morgan fingerprint density at radius 3 is 2.95 bits per heavy atom. The molecule has 3 N–H and O–H groups in total. The normalized spacial score (nSPS) is 12.6. The first kappa shape index (κ1) is 14.3. The molecule has 1 unspecified atom stereocenters. The van der Waals surface area contributed by atoms with Crippen LogP contribution in [0.3, 0.4) is 0 Å². The molecule has 0 aliphatic carbocycles. The number of aryl methyl sites for hydroxylation is 1. The Morgan fingerprint density at radius 1 is 1.53 bits per heavy atom. The van der Waals surface area contributed by atoms with Crippen molar-refractivity contribution in [1.82, 2.24) is 15.0 Å². The minimum absolute atomic E-state index is 0.120. The van der Waals surface area contributed by atoms with Crippen molar-refractivity contribution in [3.05, 3.63) is 45.2 Å². The van der Waals surface area contributed by atoms with Crippen molar-refractivity contribution in [2.24, 2.45) is 5.84 Å². The molecule has 0 aliphatic rings. The van der Waals surface area contributed by atoms with Crippen LogP contribution in [-0.2, 0) is 12.8 Å². The van der Waals surface area contributed by atoms with Crippen LogP contribution in [0.15, 0.2) is 18.2 Å². The van der Waals surface area contributed by atoms with Crippen LogP contribution in [0.4, 0.5) is 4.39 Å². The molecule has 19 heavy (non-hydrogen) atoms. The molecule has 7 heteroatoms. The van der Waals surface area contributed by atoms with Gasteiger partial charge >= 0.3 is 0 Å². The van der Waals surface area contributed by atoms with Crippen molar-refractivity contribution in [2.75, 3.05) is 0 Å². The Balaban J connectivity index is 2.21. The predicted octanol–water partition coefficient (Wildman–Crippen LogP) is 2.64. The van der Waals surface area contributed by atoms with Crippen molar-refractivity contribution >= 4 is 23.1 Å². The van der Waals surface area contributed by atoms with Crippen LogP contribution in [-0.4, -0.2) is 9.59 Å². The lowest BCUT2D eigenvalue weighted by Crippen LogP contribution is -2.29. The number of hydrazine groups is 1. The number of nitrogens with zero attached hydrogens (tertiary/aromatic N) is 2. The van der Waals surface area contributed by atoms with Gasteiger partial charge in [-0.2, -0.15) is 0 Å². The number of hydrogen-bond donors (Lipinski definition) is 2. The van der Waals surface area contributed by atoms with E-state index in [-0.39, 0.29) is 11.1 Å². The molecule has 1 aromatic heterocycles. The van der Waals surface area contributed by atoms with E-state index in [2.05, 4.69) is 15.0 Å². The summed E-state index contributed by atoms with van der Waals surface area (Å²) in [7, 11) is 0. The van der Waals surface area contributed by atoms with E-state index in [1.165, 1.54) is 17.6 Å². The van der Waals surface area contributed by atoms with Gasteiger partial charge < -0.3 is 0 Å². The number of aromatic nitrogens is 2. The molecule has 0 radical (unpaired) electrons. The third kappa shape index (κ3) is 3.27. The minimum atomic E-state index is -0.423. The van der Waals surface area contributed by atoms with Gasteiger partial charge in [-0.15, -0.1) is 5.10 Å². The van der Waals surface area contributed by atoms with Crippen molar-refractivity contribution in [2.45, 2.75) is 25.8 Å². The first-order valence-corrected chi connectivity index (χ1v) is 7.02. The van der Waals surface area contributed by atoms with Gasteiger partial charge in [0, 0.05) is 0 Å². The smallest absolute Gasteiger partial charge is 0.142 e. The minimum Gasteiger partial charge on any atom is -0.271 e. The Bertz CT molecular complexity index is 560. The van der Waals surface area contributed by atoms with Gasteiger partial charge in [0.15, 0.2) is 0 Å². The summed E-state index contributed by atoms with van der Waals surface area (Å²) in [5.41, 5.74) is 4.48. The molecule has 0 bridgehead atoms. The van der Waals surface area contributed by atoms with E-state index in [0.29, 0.717) is 6.42 Å². The highest BCUT2D eigenvalue weighted by Crippen LogP contribution is 2.25. The summed E-state index contributed by atoms with van der Waals surface area (Å²) >= 11 is 6.98. The third-order valence-electron chi connectivity index (χ3n) is 2.86. The van der Waals surface area contributed by atoms with Gasteiger partial charge in [-0.3, -0.25) is 11.3 Å². The zero-order valence-electron chi connectivity index (χ0n) is 10.4. The molecule has 4 nitrogen and oxygen atoms in total. The Hall–Kier alpha value is -1.08. The molecule has 0 spiro atoms. The first-order chi connectivity index (χ1) is 9.15. The van der Waals surface area contributed by atoms with Crippen LogP contribution < -0.4 is 11.3 Å². The molecule has 2 rings (SSSR count). The van der Waals surface area contributed by atoms with Crippen LogP contribution in [0.2, 0.25) is 5.02 Å². The molecule has 2 aromatic rings. The Kier molecular flexibility index (Phi) is 4.81. The number of hydrogen-bond acceptors (Lipinski definition) is 5.